The Morgan fingerprint density at radius 3 is 2.58 bits per heavy atom. The molecule has 0 aliphatic carbocycles. The second kappa shape index (κ2) is 8.91. The first-order valence-corrected chi connectivity index (χ1v) is 10.1. The number of nitrogens with one attached hydrogen (secondary N) is 1. The summed E-state index contributed by atoms with van der Waals surface area (Å²) in [6.45, 7) is 0.314. The molecule has 0 saturated heterocycles. The van der Waals surface area contributed by atoms with Gasteiger partial charge in [-0.25, -0.2) is 4.98 Å². The van der Waals surface area contributed by atoms with E-state index in [1.807, 2.05) is 18.2 Å². The summed E-state index contributed by atoms with van der Waals surface area (Å²) < 4.78 is 4.63. The summed E-state index contributed by atoms with van der Waals surface area (Å²) >= 11 is 0. The van der Waals surface area contributed by atoms with Crippen molar-refractivity contribution in [2.75, 3.05) is 19.0 Å². The number of hydrogen-bond acceptors (Lipinski definition) is 7. The van der Waals surface area contributed by atoms with Crippen LogP contribution >= 0.6 is 0 Å². The molecular formula is C23H22N4O4. The van der Waals surface area contributed by atoms with Crippen molar-refractivity contribution < 1.29 is 19.1 Å². The summed E-state index contributed by atoms with van der Waals surface area (Å²) in [5.41, 5.74) is 1.76. The molecule has 0 atom stereocenters. The van der Waals surface area contributed by atoms with E-state index in [0.717, 1.165) is 17.5 Å². The number of aromatic nitrogens is 2. The van der Waals surface area contributed by atoms with Gasteiger partial charge in [-0.3, -0.25) is 24.3 Å². The molecule has 0 fully saturated rings. The van der Waals surface area contributed by atoms with Crippen molar-refractivity contribution in [1.29, 1.82) is 0 Å². The van der Waals surface area contributed by atoms with Gasteiger partial charge >= 0.3 is 5.97 Å². The van der Waals surface area contributed by atoms with Crippen LogP contribution in [0.15, 0.2) is 48.9 Å². The second-order valence-electron chi connectivity index (χ2n) is 7.25. The minimum Gasteiger partial charge on any atom is -0.469 e. The van der Waals surface area contributed by atoms with E-state index in [4.69, 9.17) is 0 Å². The Morgan fingerprint density at radius 2 is 1.84 bits per heavy atom. The van der Waals surface area contributed by atoms with Gasteiger partial charge in [0, 0.05) is 52.9 Å². The summed E-state index contributed by atoms with van der Waals surface area (Å²) in [4.78, 5) is 47.0. The van der Waals surface area contributed by atoms with E-state index in [1.54, 1.807) is 30.7 Å². The second-order valence-corrected chi connectivity index (χ2v) is 7.25. The summed E-state index contributed by atoms with van der Waals surface area (Å²) in [7, 11) is 1.36. The molecule has 0 unspecified atom stereocenters. The first-order chi connectivity index (χ1) is 15.1. The molecular weight excluding hydrogens is 396 g/mol. The number of amides is 2. The maximum atomic E-state index is 13.1. The van der Waals surface area contributed by atoms with Crippen LogP contribution in [0.4, 0.5) is 11.5 Å². The van der Waals surface area contributed by atoms with Gasteiger partial charge in [-0.2, -0.15) is 0 Å². The molecule has 2 amide bonds. The van der Waals surface area contributed by atoms with Crippen LogP contribution in [0.3, 0.4) is 0 Å². The van der Waals surface area contributed by atoms with Gasteiger partial charge in [-0.15, -0.1) is 0 Å². The lowest BCUT2D eigenvalue weighted by Gasteiger charge is -2.28. The fraction of sp³-hybridized carbons (Fsp3) is 0.261. The number of carbonyl (C=O) groups is 3. The lowest BCUT2D eigenvalue weighted by molar-refractivity contribution is -0.140. The van der Waals surface area contributed by atoms with Crippen LogP contribution in [0, 0.1) is 0 Å². The molecule has 31 heavy (non-hydrogen) atoms. The highest BCUT2D eigenvalue weighted by Crippen LogP contribution is 2.35. The standard InChI is InChI=1S/C23H22N4O4/c1-31-20(28)8-3-2-4-13-27-22(29)16-7-5-6-15-18(26-19-14-24-11-12-25-19)10-9-17(21(15)16)23(27)30/h5-7,9-12,14H,2-4,8,13H2,1H3,(H,25,26). The molecule has 8 heteroatoms. The zero-order chi connectivity index (χ0) is 21.8. The van der Waals surface area contributed by atoms with Gasteiger partial charge in [0.05, 0.1) is 13.3 Å². The minimum atomic E-state index is -0.298. The fourth-order valence-electron chi connectivity index (χ4n) is 3.78. The molecule has 1 aliphatic heterocycles. The number of anilines is 2. The van der Waals surface area contributed by atoms with Crippen molar-refractivity contribution in [3.8, 4) is 0 Å². The monoisotopic (exact) mass is 418 g/mol. The van der Waals surface area contributed by atoms with E-state index < -0.39 is 0 Å². The van der Waals surface area contributed by atoms with E-state index in [1.165, 1.54) is 12.0 Å². The molecule has 0 bridgehead atoms. The van der Waals surface area contributed by atoms with Crippen molar-refractivity contribution in [2.24, 2.45) is 0 Å². The first-order valence-electron chi connectivity index (χ1n) is 10.1. The third-order valence-electron chi connectivity index (χ3n) is 5.31. The quantitative estimate of drug-likeness (QED) is 0.338. The van der Waals surface area contributed by atoms with Crippen LogP contribution in [-0.4, -0.2) is 46.3 Å². The van der Waals surface area contributed by atoms with Crippen molar-refractivity contribution in [3.05, 3.63) is 60.0 Å². The van der Waals surface area contributed by atoms with Crippen molar-refractivity contribution >= 4 is 40.1 Å². The normalized spacial score (nSPS) is 12.9. The average Bonchev–Trinajstić information content (AvgIpc) is 2.80. The van der Waals surface area contributed by atoms with Crippen LogP contribution in [0.1, 0.15) is 46.4 Å². The number of ether oxygens (including phenoxy) is 1. The molecule has 2 heterocycles. The van der Waals surface area contributed by atoms with E-state index in [0.29, 0.717) is 48.1 Å². The van der Waals surface area contributed by atoms with Crippen molar-refractivity contribution in [1.82, 2.24) is 14.9 Å². The highest BCUT2D eigenvalue weighted by Gasteiger charge is 2.32. The molecule has 8 nitrogen and oxygen atoms in total. The predicted molar refractivity (Wildman–Crippen MR) is 115 cm³/mol. The van der Waals surface area contributed by atoms with Gasteiger partial charge in [0.1, 0.15) is 5.82 Å². The summed E-state index contributed by atoms with van der Waals surface area (Å²) in [5.74, 6) is -0.276. The topological polar surface area (TPSA) is 101 Å². The third-order valence-corrected chi connectivity index (χ3v) is 5.31. The number of unbranched alkanes of at least 4 members (excludes halogenated alkanes) is 2. The molecule has 1 aromatic heterocycles. The van der Waals surface area contributed by atoms with E-state index >= 15 is 0 Å². The Hall–Kier alpha value is -3.81. The Labute approximate surface area is 179 Å². The molecule has 1 N–H and O–H groups in total. The van der Waals surface area contributed by atoms with Gasteiger partial charge in [-0.05, 0) is 31.0 Å². The van der Waals surface area contributed by atoms with Gasteiger partial charge in [0.25, 0.3) is 11.8 Å². The Balaban J connectivity index is 1.56. The number of esters is 1. The first kappa shape index (κ1) is 20.5. The summed E-state index contributed by atoms with van der Waals surface area (Å²) in [6, 6.07) is 8.99. The molecule has 4 rings (SSSR count). The van der Waals surface area contributed by atoms with E-state index in [2.05, 4.69) is 20.0 Å². The SMILES string of the molecule is COC(=O)CCCCCN1C(=O)c2cccc3c(Nc4cnccn4)ccc(c23)C1=O. The minimum absolute atomic E-state index is 0.253. The molecule has 3 aromatic rings. The number of hydrogen-bond donors (Lipinski definition) is 1. The highest BCUT2D eigenvalue weighted by molar-refractivity contribution is 6.26. The van der Waals surface area contributed by atoms with Crippen molar-refractivity contribution in [2.45, 2.75) is 25.7 Å². The smallest absolute Gasteiger partial charge is 0.305 e. The maximum Gasteiger partial charge on any atom is 0.305 e. The molecule has 0 saturated carbocycles. The van der Waals surface area contributed by atoms with Crippen molar-refractivity contribution in [3.63, 3.8) is 0 Å². The fourth-order valence-corrected chi connectivity index (χ4v) is 3.78. The third kappa shape index (κ3) is 4.09. The van der Waals surface area contributed by atoms with Crippen LogP contribution in [0.2, 0.25) is 0 Å². The van der Waals surface area contributed by atoms with Gasteiger partial charge in [0.2, 0.25) is 0 Å². The van der Waals surface area contributed by atoms with Gasteiger partial charge in [0.15, 0.2) is 0 Å². The Bertz CT molecular complexity index is 1120. The molecule has 158 valence electrons. The number of imide groups is 1. The van der Waals surface area contributed by atoms with E-state index in [9.17, 15) is 14.4 Å². The zero-order valence-corrected chi connectivity index (χ0v) is 17.1. The number of rotatable bonds is 8. The zero-order valence-electron chi connectivity index (χ0n) is 17.1. The van der Waals surface area contributed by atoms with Gasteiger partial charge in [-0.1, -0.05) is 18.6 Å². The largest absolute Gasteiger partial charge is 0.469 e. The number of benzene rings is 2. The number of methoxy groups -OCH3 is 1. The lowest BCUT2D eigenvalue weighted by atomic mass is 9.93. The van der Waals surface area contributed by atoms with Crippen LogP contribution in [0.5, 0.6) is 0 Å². The molecule has 2 aromatic carbocycles. The Morgan fingerprint density at radius 1 is 1.03 bits per heavy atom. The molecule has 0 spiro atoms. The van der Waals surface area contributed by atoms with Crippen LogP contribution < -0.4 is 5.32 Å². The highest BCUT2D eigenvalue weighted by atomic mass is 16.5. The van der Waals surface area contributed by atoms with E-state index in [-0.39, 0.29) is 17.8 Å². The summed E-state index contributed by atoms with van der Waals surface area (Å²) in [5, 5.41) is 4.63. The summed E-state index contributed by atoms with van der Waals surface area (Å²) in [6.07, 6.45) is 7.13. The lowest BCUT2D eigenvalue weighted by Crippen LogP contribution is -2.40. The number of nitrogens with zero attached hydrogens (tertiary/aromatic N) is 3. The molecule has 1 aliphatic rings. The maximum absolute atomic E-state index is 13.1. The van der Waals surface area contributed by atoms with Crippen LogP contribution in [-0.2, 0) is 9.53 Å². The number of carbonyl (C=O) groups excluding carboxylic acids is 3. The van der Waals surface area contributed by atoms with Crippen LogP contribution in [0.25, 0.3) is 10.8 Å². The average molecular weight is 418 g/mol. The predicted octanol–water partition coefficient (Wildman–Crippen LogP) is 3.70. The molecule has 0 radical (unpaired) electrons. The van der Waals surface area contributed by atoms with Gasteiger partial charge < -0.3 is 10.1 Å². The Kier molecular flexibility index (Phi) is 5.88.